The highest BCUT2D eigenvalue weighted by Crippen LogP contribution is 2.44. The van der Waals surface area contributed by atoms with Crippen molar-refractivity contribution in [1.29, 1.82) is 0 Å². The molecule has 5 heteroatoms. The lowest BCUT2D eigenvalue weighted by Crippen LogP contribution is -2.42. The van der Waals surface area contributed by atoms with Gasteiger partial charge in [0.1, 0.15) is 5.82 Å². The van der Waals surface area contributed by atoms with Crippen molar-refractivity contribution in [3.63, 3.8) is 0 Å². The zero-order valence-corrected chi connectivity index (χ0v) is 14.6. The van der Waals surface area contributed by atoms with Crippen LogP contribution in [0.2, 0.25) is 23.2 Å². The molecule has 0 bridgehead atoms. The molecule has 0 spiro atoms. The minimum atomic E-state index is -1.89. The van der Waals surface area contributed by atoms with E-state index in [-0.39, 0.29) is 17.0 Å². The summed E-state index contributed by atoms with van der Waals surface area (Å²) in [5.41, 5.74) is 1.68. The van der Waals surface area contributed by atoms with E-state index in [9.17, 15) is 4.39 Å². The first-order valence-electron chi connectivity index (χ1n) is 7.02. The van der Waals surface area contributed by atoms with Gasteiger partial charge in [-0.1, -0.05) is 32.4 Å². The third kappa shape index (κ3) is 3.02. The zero-order valence-electron chi connectivity index (χ0n) is 12.8. The third-order valence-electron chi connectivity index (χ3n) is 4.38. The number of hydrogen-bond acceptors (Lipinski definition) is 2. The number of hydrogen-bond donors (Lipinski definition) is 1. The van der Waals surface area contributed by atoms with Crippen LogP contribution in [0.1, 0.15) is 38.9 Å². The van der Waals surface area contributed by atoms with Crippen LogP contribution >= 0.6 is 11.6 Å². The molecule has 1 aliphatic heterocycles. The maximum absolute atomic E-state index is 13.6. The molecule has 1 N–H and O–H groups in total. The van der Waals surface area contributed by atoms with Crippen molar-refractivity contribution in [2.75, 3.05) is 11.9 Å². The number of benzene rings is 1. The van der Waals surface area contributed by atoms with Gasteiger partial charge >= 0.3 is 0 Å². The SMILES string of the molecule is CC(C)(C)[Si](C)(C)OC1CCNc2c(Cl)cc(F)cc21. The fraction of sp³-hybridized carbons (Fsp3) is 0.600. The molecule has 0 aliphatic carbocycles. The van der Waals surface area contributed by atoms with Crippen molar-refractivity contribution in [3.8, 4) is 0 Å². The smallest absolute Gasteiger partial charge is 0.192 e. The quantitative estimate of drug-likeness (QED) is 0.742. The third-order valence-corrected chi connectivity index (χ3v) is 9.17. The summed E-state index contributed by atoms with van der Waals surface area (Å²) in [5.74, 6) is -0.304. The zero-order chi connectivity index (χ0) is 15.1. The molecular weight excluding hydrogens is 293 g/mol. The first kappa shape index (κ1) is 15.8. The molecule has 1 aromatic rings. The molecule has 0 aromatic heterocycles. The van der Waals surface area contributed by atoms with E-state index < -0.39 is 8.32 Å². The fourth-order valence-corrected chi connectivity index (χ4v) is 3.76. The number of fused-ring (bicyclic) bond motifs is 1. The second-order valence-electron chi connectivity index (χ2n) is 6.93. The van der Waals surface area contributed by atoms with Crippen molar-refractivity contribution in [2.24, 2.45) is 0 Å². The summed E-state index contributed by atoms with van der Waals surface area (Å²) in [6.07, 6.45) is 0.777. The molecule has 20 heavy (non-hydrogen) atoms. The molecule has 0 saturated carbocycles. The largest absolute Gasteiger partial charge is 0.410 e. The van der Waals surface area contributed by atoms with Gasteiger partial charge in [-0.25, -0.2) is 4.39 Å². The van der Waals surface area contributed by atoms with Gasteiger partial charge in [0, 0.05) is 12.1 Å². The summed E-state index contributed by atoms with van der Waals surface area (Å²) in [4.78, 5) is 0. The molecule has 1 unspecified atom stereocenters. The van der Waals surface area contributed by atoms with Crippen LogP contribution in [-0.2, 0) is 4.43 Å². The Kier molecular flexibility index (Phi) is 4.20. The van der Waals surface area contributed by atoms with E-state index in [0.717, 1.165) is 24.2 Å². The van der Waals surface area contributed by atoms with Crippen LogP contribution in [0.4, 0.5) is 10.1 Å². The molecule has 2 rings (SSSR count). The highest BCUT2D eigenvalue weighted by Gasteiger charge is 2.40. The van der Waals surface area contributed by atoms with Gasteiger partial charge in [-0.2, -0.15) is 0 Å². The minimum absolute atomic E-state index is 0.0691. The number of halogens is 2. The Morgan fingerprint density at radius 3 is 2.60 bits per heavy atom. The molecule has 1 heterocycles. The summed E-state index contributed by atoms with van der Waals surface area (Å²) >= 11 is 6.13. The fourth-order valence-electron chi connectivity index (χ4n) is 2.17. The summed E-state index contributed by atoms with van der Waals surface area (Å²) in [5, 5.41) is 3.82. The summed E-state index contributed by atoms with van der Waals surface area (Å²) < 4.78 is 20.1. The second kappa shape index (κ2) is 5.32. The van der Waals surface area contributed by atoms with Gasteiger partial charge in [0.25, 0.3) is 0 Å². The van der Waals surface area contributed by atoms with Gasteiger partial charge < -0.3 is 9.74 Å². The first-order valence-corrected chi connectivity index (χ1v) is 10.3. The van der Waals surface area contributed by atoms with Crippen molar-refractivity contribution in [3.05, 3.63) is 28.5 Å². The van der Waals surface area contributed by atoms with Gasteiger partial charge in [-0.05, 0) is 36.7 Å². The molecule has 112 valence electrons. The van der Waals surface area contributed by atoms with Crippen molar-refractivity contribution in [1.82, 2.24) is 0 Å². The van der Waals surface area contributed by atoms with Crippen molar-refractivity contribution >= 4 is 25.6 Å². The molecule has 0 saturated heterocycles. The van der Waals surface area contributed by atoms with E-state index in [1.54, 1.807) is 6.07 Å². The Labute approximate surface area is 126 Å². The minimum Gasteiger partial charge on any atom is -0.410 e. The van der Waals surface area contributed by atoms with Crippen LogP contribution in [0.3, 0.4) is 0 Å². The average Bonchev–Trinajstić information content (AvgIpc) is 2.28. The number of nitrogens with one attached hydrogen (secondary N) is 1. The lowest BCUT2D eigenvalue weighted by atomic mass is 10.0. The van der Waals surface area contributed by atoms with Crippen LogP contribution in [0, 0.1) is 5.82 Å². The van der Waals surface area contributed by atoms with Gasteiger partial charge in [-0.3, -0.25) is 0 Å². The topological polar surface area (TPSA) is 21.3 Å². The van der Waals surface area contributed by atoms with Crippen LogP contribution < -0.4 is 5.32 Å². The van der Waals surface area contributed by atoms with Crippen LogP contribution in [0.25, 0.3) is 0 Å². The monoisotopic (exact) mass is 315 g/mol. The number of anilines is 1. The van der Waals surface area contributed by atoms with Crippen LogP contribution in [0.5, 0.6) is 0 Å². The van der Waals surface area contributed by atoms with Gasteiger partial charge in [0.05, 0.1) is 16.8 Å². The van der Waals surface area contributed by atoms with E-state index >= 15 is 0 Å². The van der Waals surface area contributed by atoms with Gasteiger partial charge in [0.2, 0.25) is 0 Å². The van der Waals surface area contributed by atoms with E-state index in [0.29, 0.717) is 5.02 Å². The Morgan fingerprint density at radius 2 is 2.00 bits per heavy atom. The molecule has 0 amide bonds. The molecular formula is C15H23ClFNOSi. The molecule has 2 nitrogen and oxygen atoms in total. The Hall–Kier alpha value is -0.583. The molecule has 1 atom stereocenters. The Bertz CT molecular complexity index is 513. The molecule has 1 aromatic carbocycles. The predicted octanol–water partition coefficient (Wildman–Crippen LogP) is 5.36. The Morgan fingerprint density at radius 1 is 1.35 bits per heavy atom. The first-order chi connectivity index (χ1) is 9.12. The van der Waals surface area contributed by atoms with Gasteiger partial charge in [-0.15, -0.1) is 0 Å². The summed E-state index contributed by atoms with van der Waals surface area (Å²) in [6, 6.07) is 2.90. The van der Waals surface area contributed by atoms with Crippen LogP contribution in [-0.4, -0.2) is 14.9 Å². The van der Waals surface area contributed by atoms with E-state index in [4.69, 9.17) is 16.0 Å². The maximum atomic E-state index is 13.6. The maximum Gasteiger partial charge on any atom is 0.192 e. The lowest BCUT2D eigenvalue weighted by Gasteiger charge is -2.41. The predicted molar refractivity (Wildman–Crippen MR) is 85.5 cm³/mol. The van der Waals surface area contributed by atoms with Gasteiger partial charge in [0.15, 0.2) is 8.32 Å². The highest BCUT2D eigenvalue weighted by molar-refractivity contribution is 6.74. The molecule has 1 aliphatic rings. The lowest BCUT2D eigenvalue weighted by molar-refractivity contribution is 0.174. The van der Waals surface area contributed by atoms with Crippen molar-refractivity contribution < 1.29 is 8.82 Å². The van der Waals surface area contributed by atoms with E-state index in [1.165, 1.54) is 6.07 Å². The normalized spacial score (nSPS) is 19.4. The second-order valence-corrected chi connectivity index (χ2v) is 12.1. The van der Waals surface area contributed by atoms with E-state index in [2.05, 4.69) is 39.2 Å². The molecule has 0 radical (unpaired) electrons. The number of rotatable bonds is 2. The standard InChI is InChI=1S/C15H23ClFNOSi/c1-15(2,3)20(4,5)19-13-6-7-18-14-11(13)8-10(17)9-12(14)16/h8-9,13,18H,6-7H2,1-5H3. The molecule has 0 fully saturated rings. The summed E-state index contributed by atoms with van der Waals surface area (Å²) in [6.45, 7) is 11.9. The van der Waals surface area contributed by atoms with E-state index in [1.807, 2.05) is 0 Å². The average molecular weight is 316 g/mol. The Balaban J connectivity index is 2.34. The summed E-state index contributed by atoms with van der Waals surface area (Å²) in [7, 11) is -1.89. The van der Waals surface area contributed by atoms with Crippen molar-refractivity contribution in [2.45, 2.75) is 51.4 Å². The van der Waals surface area contributed by atoms with Crippen LogP contribution in [0.15, 0.2) is 12.1 Å². The highest BCUT2D eigenvalue weighted by atomic mass is 35.5.